The average Bonchev–Trinajstić information content (AvgIpc) is 2.84. The maximum atomic E-state index is 12.3. The number of carbonyl (C=O) groups is 5. The molecular formula is C17H19N3O6. The zero-order valence-electron chi connectivity index (χ0n) is 14.3. The van der Waals surface area contributed by atoms with Crippen LogP contribution in [0.3, 0.4) is 0 Å². The standard InChI is InChI=1S/C17H19N3O6/c1-26-14(22)8-5-9-18-13(21)11-20-16(24)15(23)19(17(20)25)10-12-6-3-2-4-7-12/h2-4,6-7H,5,8-11H2,1H3,(H,18,21). The molecule has 0 saturated carbocycles. The lowest BCUT2D eigenvalue weighted by Gasteiger charge is -2.15. The average molecular weight is 361 g/mol. The van der Waals surface area contributed by atoms with E-state index in [1.165, 1.54) is 7.11 Å². The first kappa shape index (κ1) is 19.1. The minimum absolute atomic E-state index is 0.0402. The Hall–Kier alpha value is -3.23. The summed E-state index contributed by atoms with van der Waals surface area (Å²) in [6.07, 6.45) is 0.501. The molecular weight excluding hydrogens is 342 g/mol. The summed E-state index contributed by atoms with van der Waals surface area (Å²) in [5, 5.41) is 2.49. The van der Waals surface area contributed by atoms with Crippen molar-refractivity contribution in [2.45, 2.75) is 19.4 Å². The molecule has 1 aromatic rings. The fourth-order valence-corrected chi connectivity index (χ4v) is 2.36. The number of nitrogens with one attached hydrogen (secondary N) is 1. The number of esters is 1. The SMILES string of the molecule is COC(=O)CCCNC(=O)CN1C(=O)C(=O)N(Cc2ccccc2)C1=O. The van der Waals surface area contributed by atoms with Gasteiger partial charge in [-0.1, -0.05) is 30.3 Å². The highest BCUT2D eigenvalue weighted by Gasteiger charge is 2.45. The topological polar surface area (TPSA) is 113 Å². The van der Waals surface area contributed by atoms with Gasteiger partial charge in [0.2, 0.25) is 5.91 Å². The van der Waals surface area contributed by atoms with Gasteiger partial charge in [-0.15, -0.1) is 0 Å². The molecule has 1 N–H and O–H groups in total. The molecule has 0 bridgehead atoms. The van der Waals surface area contributed by atoms with Crippen LogP contribution < -0.4 is 5.32 Å². The summed E-state index contributed by atoms with van der Waals surface area (Å²) < 4.78 is 4.47. The van der Waals surface area contributed by atoms with E-state index in [1.54, 1.807) is 30.3 Å². The van der Waals surface area contributed by atoms with Gasteiger partial charge >= 0.3 is 23.8 Å². The largest absolute Gasteiger partial charge is 0.469 e. The molecule has 1 aliphatic rings. The number of amides is 5. The molecule has 9 heteroatoms. The number of rotatable bonds is 8. The molecule has 0 radical (unpaired) electrons. The van der Waals surface area contributed by atoms with Crippen molar-refractivity contribution in [3.8, 4) is 0 Å². The lowest BCUT2D eigenvalue weighted by molar-refractivity contribution is -0.144. The number of nitrogens with zero attached hydrogens (tertiary/aromatic N) is 2. The summed E-state index contributed by atoms with van der Waals surface area (Å²) in [7, 11) is 1.27. The normalized spacial score (nSPS) is 14.0. The van der Waals surface area contributed by atoms with Gasteiger partial charge in [-0.25, -0.2) is 9.69 Å². The van der Waals surface area contributed by atoms with Crippen LogP contribution in [-0.2, 0) is 30.5 Å². The van der Waals surface area contributed by atoms with Gasteiger partial charge in [-0.3, -0.25) is 24.1 Å². The van der Waals surface area contributed by atoms with Crippen LogP contribution in [0.2, 0.25) is 0 Å². The smallest absolute Gasteiger partial charge is 0.335 e. The first-order valence-corrected chi connectivity index (χ1v) is 7.98. The van der Waals surface area contributed by atoms with Crippen molar-refractivity contribution < 1.29 is 28.7 Å². The predicted molar refractivity (Wildman–Crippen MR) is 88.4 cm³/mol. The summed E-state index contributed by atoms with van der Waals surface area (Å²) in [5.74, 6) is -2.98. The van der Waals surface area contributed by atoms with Gasteiger partial charge in [0.25, 0.3) is 0 Å². The molecule has 26 heavy (non-hydrogen) atoms. The minimum atomic E-state index is -1.03. The Morgan fingerprint density at radius 3 is 2.35 bits per heavy atom. The highest BCUT2D eigenvalue weighted by Crippen LogP contribution is 2.15. The van der Waals surface area contributed by atoms with E-state index >= 15 is 0 Å². The lowest BCUT2D eigenvalue weighted by Crippen LogP contribution is -2.41. The molecule has 5 amide bonds. The van der Waals surface area contributed by atoms with Crippen LogP contribution in [0.25, 0.3) is 0 Å². The second-order valence-corrected chi connectivity index (χ2v) is 5.58. The molecule has 1 saturated heterocycles. The summed E-state index contributed by atoms with van der Waals surface area (Å²) in [5.41, 5.74) is 0.691. The summed E-state index contributed by atoms with van der Waals surface area (Å²) in [4.78, 5) is 60.5. The van der Waals surface area contributed by atoms with Crippen LogP contribution in [0.4, 0.5) is 4.79 Å². The summed E-state index contributed by atoms with van der Waals surface area (Å²) >= 11 is 0. The lowest BCUT2D eigenvalue weighted by atomic mass is 10.2. The Morgan fingerprint density at radius 1 is 1.04 bits per heavy atom. The van der Waals surface area contributed by atoms with E-state index in [9.17, 15) is 24.0 Å². The molecule has 0 aliphatic carbocycles. The monoisotopic (exact) mass is 361 g/mol. The van der Waals surface area contributed by atoms with Crippen molar-refractivity contribution >= 4 is 29.7 Å². The van der Waals surface area contributed by atoms with Crippen molar-refractivity contribution in [3.05, 3.63) is 35.9 Å². The van der Waals surface area contributed by atoms with E-state index in [1.807, 2.05) is 0 Å². The third-order valence-corrected chi connectivity index (χ3v) is 3.73. The number of benzene rings is 1. The molecule has 1 aromatic carbocycles. The Morgan fingerprint density at radius 2 is 1.69 bits per heavy atom. The molecule has 1 aliphatic heterocycles. The second-order valence-electron chi connectivity index (χ2n) is 5.58. The van der Waals surface area contributed by atoms with Gasteiger partial charge in [0.15, 0.2) is 0 Å². The van der Waals surface area contributed by atoms with E-state index in [2.05, 4.69) is 10.1 Å². The second kappa shape index (κ2) is 8.75. The van der Waals surface area contributed by atoms with Gasteiger partial charge in [0, 0.05) is 13.0 Å². The molecule has 1 heterocycles. The van der Waals surface area contributed by atoms with Gasteiger partial charge in [-0.05, 0) is 12.0 Å². The molecule has 0 aromatic heterocycles. The number of hydrogen-bond donors (Lipinski definition) is 1. The van der Waals surface area contributed by atoms with Crippen LogP contribution >= 0.6 is 0 Å². The van der Waals surface area contributed by atoms with Crippen molar-refractivity contribution in [2.24, 2.45) is 0 Å². The van der Waals surface area contributed by atoms with Crippen LogP contribution in [-0.4, -0.2) is 59.7 Å². The van der Waals surface area contributed by atoms with Crippen molar-refractivity contribution in [3.63, 3.8) is 0 Å². The van der Waals surface area contributed by atoms with Crippen molar-refractivity contribution in [2.75, 3.05) is 20.2 Å². The zero-order chi connectivity index (χ0) is 19.1. The fourth-order valence-electron chi connectivity index (χ4n) is 2.36. The highest BCUT2D eigenvalue weighted by molar-refractivity contribution is 6.44. The first-order chi connectivity index (χ1) is 12.4. The fraction of sp³-hybridized carbons (Fsp3) is 0.353. The van der Waals surface area contributed by atoms with E-state index < -0.39 is 36.3 Å². The first-order valence-electron chi connectivity index (χ1n) is 7.98. The molecule has 0 spiro atoms. The number of methoxy groups -OCH3 is 1. The number of hydrogen-bond acceptors (Lipinski definition) is 6. The maximum absolute atomic E-state index is 12.3. The Labute approximate surface area is 149 Å². The zero-order valence-corrected chi connectivity index (χ0v) is 14.3. The quantitative estimate of drug-likeness (QED) is 0.303. The molecule has 138 valence electrons. The summed E-state index contributed by atoms with van der Waals surface area (Å²) in [6, 6.07) is 7.92. The number of ether oxygens (including phenoxy) is 1. The number of imide groups is 2. The molecule has 1 fully saturated rings. The van der Waals surface area contributed by atoms with Crippen LogP contribution in [0, 0.1) is 0 Å². The van der Waals surface area contributed by atoms with Crippen molar-refractivity contribution in [1.82, 2.24) is 15.1 Å². The Kier molecular flexibility index (Phi) is 6.42. The number of carbonyl (C=O) groups excluding carboxylic acids is 5. The van der Waals surface area contributed by atoms with E-state index in [-0.39, 0.29) is 19.5 Å². The van der Waals surface area contributed by atoms with Crippen LogP contribution in [0.5, 0.6) is 0 Å². The van der Waals surface area contributed by atoms with Gasteiger partial charge in [0.05, 0.1) is 13.7 Å². The number of urea groups is 1. The van der Waals surface area contributed by atoms with E-state index in [4.69, 9.17) is 0 Å². The minimum Gasteiger partial charge on any atom is -0.469 e. The molecule has 9 nitrogen and oxygen atoms in total. The van der Waals surface area contributed by atoms with E-state index in [0.29, 0.717) is 16.9 Å². The highest BCUT2D eigenvalue weighted by atomic mass is 16.5. The van der Waals surface area contributed by atoms with Crippen LogP contribution in [0.15, 0.2) is 30.3 Å². The third kappa shape index (κ3) is 4.65. The molecule has 2 rings (SSSR count). The molecule has 0 unspecified atom stereocenters. The van der Waals surface area contributed by atoms with Gasteiger partial charge in [-0.2, -0.15) is 0 Å². The predicted octanol–water partition coefficient (Wildman–Crippen LogP) is 0.0468. The van der Waals surface area contributed by atoms with Gasteiger partial charge < -0.3 is 10.1 Å². The van der Waals surface area contributed by atoms with Crippen LogP contribution in [0.1, 0.15) is 18.4 Å². The molecule has 0 atom stereocenters. The Bertz CT molecular complexity index is 718. The summed E-state index contributed by atoms with van der Waals surface area (Å²) in [6.45, 7) is -0.403. The van der Waals surface area contributed by atoms with E-state index in [0.717, 1.165) is 4.90 Å². The van der Waals surface area contributed by atoms with Crippen molar-refractivity contribution in [1.29, 1.82) is 0 Å². The third-order valence-electron chi connectivity index (χ3n) is 3.73. The Balaban J connectivity index is 1.88. The van der Waals surface area contributed by atoms with Gasteiger partial charge in [0.1, 0.15) is 6.54 Å². The maximum Gasteiger partial charge on any atom is 0.335 e.